The maximum absolute atomic E-state index is 13.7. The van der Waals surface area contributed by atoms with Gasteiger partial charge in [0.25, 0.3) is 5.56 Å². The van der Waals surface area contributed by atoms with E-state index in [1.54, 1.807) is 16.7 Å². The van der Waals surface area contributed by atoms with Crippen LogP contribution in [0.2, 0.25) is 0 Å². The maximum Gasteiger partial charge on any atom is 0.263 e. The number of hydrogen-bond donors (Lipinski definition) is 2. The highest BCUT2D eigenvalue weighted by molar-refractivity contribution is 5.82. The summed E-state index contributed by atoms with van der Waals surface area (Å²) in [6.45, 7) is 5.72. The second-order valence-corrected chi connectivity index (χ2v) is 7.63. The predicted octanol–water partition coefficient (Wildman–Crippen LogP) is 2.93. The van der Waals surface area contributed by atoms with Crippen molar-refractivity contribution in [2.75, 3.05) is 25.5 Å². The molecule has 1 aliphatic heterocycles. The first-order valence-electron chi connectivity index (χ1n) is 8.95. The van der Waals surface area contributed by atoms with E-state index >= 15 is 0 Å². The lowest BCUT2D eigenvalue weighted by Gasteiger charge is -2.58. The Morgan fingerprint density at radius 3 is 2.81 bits per heavy atom. The van der Waals surface area contributed by atoms with Gasteiger partial charge in [0.15, 0.2) is 0 Å². The fourth-order valence-corrected chi connectivity index (χ4v) is 4.46. The van der Waals surface area contributed by atoms with E-state index in [1.807, 2.05) is 0 Å². The van der Waals surface area contributed by atoms with Crippen molar-refractivity contribution < 1.29 is 4.39 Å². The first-order chi connectivity index (χ1) is 12.9. The van der Waals surface area contributed by atoms with Gasteiger partial charge in [0, 0.05) is 25.3 Å². The quantitative estimate of drug-likeness (QED) is 0.629. The molecule has 0 unspecified atom stereocenters. The van der Waals surface area contributed by atoms with Gasteiger partial charge in [-0.2, -0.15) is 0 Å². The minimum atomic E-state index is -0.453. The van der Waals surface area contributed by atoms with Gasteiger partial charge in [0.2, 0.25) is 5.95 Å². The van der Waals surface area contributed by atoms with Crippen LogP contribution in [0.4, 0.5) is 10.3 Å². The standard InChI is InChI=1S/C20H22FN5O/c1-3-4-14(10-22)23-19-24-17-6-5-13(21)7-16(17)18(27)26(19)15-8-20(9-15)11-25(2)12-20/h3-7,10,15,22H,1,8-9,11-12H2,2H3,(H,23,24)/b14-4+,22-10?. The van der Waals surface area contributed by atoms with Gasteiger partial charge in [-0.1, -0.05) is 12.7 Å². The van der Waals surface area contributed by atoms with E-state index < -0.39 is 5.82 Å². The molecule has 4 rings (SSSR count). The molecule has 0 radical (unpaired) electrons. The van der Waals surface area contributed by atoms with Crippen LogP contribution in [0.1, 0.15) is 18.9 Å². The summed E-state index contributed by atoms with van der Waals surface area (Å²) in [6, 6.07) is 4.06. The second kappa shape index (κ2) is 6.42. The molecule has 2 aliphatic rings. The van der Waals surface area contributed by atoms with E-state index in [4.69, 9.17) is 5.41 Å². The highest BCUT2D eigenvalue weighted by Crippen LogP contribution is 2.53. The molecule has 2 N–H and O–H groups in total. The number of hydrogen-bond acceptors (Lipinski definition) is 5. The highest BCUT2D eigenvalue weighted by Gasteiger charge is 2.52. The molecule has 0 atom stereocenters. The van der Waals surface area contributed by atoms with E-state index in [1.165, 1.54) is 18.2 Å². The molecule has 2 fully saturated rings. The largest absolute Gasteiger partial charge is 0.324 e. The smallest absolute Gasteiger partial charge is 0.263 e. The number of aromatic nitrogens is 2. The van der Waals surface area contributed by atoms with E-state index in [0.717, 1.165) is 32.1 Å². The summed E-state index contributed by atoms with van der Waals surface area (Å²) in [6.07, 6.45) is 6.16. The fourth-order valence-electron chi connectivity index (χ4n) is 4.46. The summed E-state index contributed by atoms with van der Waals surface area (Å²) in [7, 11) is 2.09. The molecule has 27 heavy (non-hydrogen) atoms. The van der Waals surface area contributed by atoms with Crippen molar-refractivity contribution in [3.05, 3.63) is 58.8 Å². The summed E-state index contributed by atoms with van der Waals surface area (Å²) < 4.78 is 15.3. The lowest BCUT2D eigenvalue weighted by molar-refractivity contribution is -0.0760. The molecule has 1 saturated heterocycles. The van der Waals surface area contributed by atoms with Gasteiger partial charge in [-0.05, 0) is 49.6 Å². The number of nitrogens with one attached hydrogen (secondary N) is 2. The average molecular weight is 367 g/mol. The third-order valence-electron chi connectivity index (χ3n) is 5.48. The molecule has 1 spiro atoms. The Morgan fingerprint density at radius 1 is 1.44 bits per heavy atom. The van der Waals surface area contributed by atoms with Gasteiger partial charge in [-0.25, -0.2) is 9.37 Å². The van der Waals surface area contributed by atoms with E-state index in [0.29, 0.717) is 17.2 Å². The molecule has 2 aromatic rings. The van der Waals surface area contributed by atoms with Crippen molar-refractivity contribution in [3.8, 4) is 0 Å². The average Bonchev–Trinajstić information content (AvgIpc) is 2.58. The van der Waals surface area contributed by atoms with Crippen molar-refractivity contribution in [3.63, 3.8) is 0 Å². The molecule has 0 amide bonds. The topological polar surface area (TPSA) is 74.0 Å². The van der Waals surface area contributed by atoms with Gasteiger partial charge in [-0.3, -0.25) is 9.36 Å². The summed E-state index contributed by atoms with van der Waals surface area (Å²) in [5.41, 5.74) is 0.941. The maximum atomic E-state index is 13.7. The fraction of sp³-hybridized carbons (Fsp3) is 0.350. The predicted molar refractivity (Wildman–Crippen MR) is 105 cm³/mol. The number of anilines is 1. The van der Waals surface area contributed by atoms with Crippen LogP contribution < -0.4 is 10.9 Å². The van der Waals surface area contributed by atoms with Gasteiger partial charge >= 0.3 is 0 Å². The first kappa shape index (κ1) is 17.6. The summed E-state index contributed by atoms with van der Waals surface area (Å²) in [5, 5.41) is 10.9. The molecule has 7 heteroatoms. The molecule has 2 heterocycles. The molecular formula is C20H22FN5O. The van der Waals surface area contributed by atoms with Crippen molar-refractivity contribution in [1.29, 1.82) is 5.41 Å². The van der Waals surface area contributed by atoms with Crippen LogP contribution >= 0.6 is 0 Å². The Morgan fingerprint density at radius 2 is 2.19 bits per heavy atom. The van der Waals surface area contributed by atoms with Crippen LogP contribution in [0, 0.1) is 16.6 Å². The second-order valence-electron chi connectivity index (χ2n) is 7.63. The molecule has 1 aromatic heterocycles. The lowest BCUT2D eigenvalue weighted by Crippen LogP contribution is -2.61. The zero-order chi connectivity index (χ0) is 19.2. The number of fused-ring (bicyclic) bond motifs is 1. The third kappa shape index (κ3) is 2.98. The lowest BCUT2D eigenvalue weighted by atomic mass is 9.61. The van der Waals surface area contributed by atoms with Crippen molar-refractivity contribution >= 4 is 23.1 Å². The van der Waals surface area contributed by atoms with Gasteiger partial charge in [-0.15, -0.1) is 0 Å². The molecule has 1 aromatic carbocycles. The Labute approximate surface area is 156 Å². The van der Waals surface area contributed by atoms with E-state index in [2.05, 4.69) is 28.8 Å². The van der Waals surface area contributed by atoms with Crippen molar-refractivity contribution in [2.45, 2.75) is 18.9 Å². The number of halogens is 1. The number of benzene rings is 1. The molecule has 1 saturated carbocycles. The number of allylic oxidation sites excluding steroid dienone is 3. The van der Waals surface area contributed by atoms with Gasteiger partial charge in [0.1, 0.15) is 5.82 Å². The summed E-state index contributed by atoms with van der Waals surface area (Å²) >= 11 is 0. The highest BCUT2D eigenvalue weighted by atomic mass is 19.1. The van der Waals surface area contributed by atoms with E-state index in [-0.39, 0.29) is 22.4 Å². The molecular weight excluding hydrogens is 345 g/mol. The zero-order valence-corrected chi connectivity index (χ0v) is 15.2. The van der Waals surface area contributed by atoms with Crippen LogP contribution in [0.5, 0.6) is 0 Å². The van der Waals surface area contributed by atoms with Crippen molar-refractivity contribution in [1.82, 2.24) is 14.5 Å². The van der Waals surface area contributed by atoms with Crippen LogP contribution in [-0.2, 0) is 0 Å². The van der Waals surface area contributed by atoms with Gasteiger partial charge in [0.05, 0.1) is 16.6 Å². The normalized spacial score (nSPS) is 19.6. The Kier molecular flexibility index (Phi) is 4.19. The minimum Gasteiger partial charge on any atom is -0.324 e. The molecule has 140 valence electrons. The minimum absolute atomic E-state index is 0.0181. The zero-order valence-electron chi connectivity index (χ0n) is 15.2. The van der Waals surface area contributed by atoms with Crippen LogP contribution in [-0.4, -0.2) is 40.8 Å². The summed E-state index contributed by atoms with van der Waals surface area (Å²) in [4.78, 5) is 20.0. The summed E-state index contributed by atoms with van der Waals surface area (Å²) in [5.74, 6) is -0.0747. The number of rotatable bonds is 5. The monoisotopic (exact) mass is 367 g/mol. The Bertz CT molecular complexity index is 1010. The Balaban J connectivity index is 1.79. The SMILES string of the molecule is C=C/C=C(\C=N)Nc1nc2ccc(F)cc2c(=O)n1C1CC2(C1)CN(C)C2. The third-order valence-corrected chi connectivity index (χ3v) is 5.48. The molecule has 0 bridgehead atoms. The first-order valence-corrected chi connectivity index (χ1v) is 8.95. The van der Waals surface area contributed by atoms with E-state index in [9.17, 15) is 9.18 Å². The number of likely N-dealkylation sites (tertiary alicyclic amines) is 1. The van der Waals surface area contributed by atoms with Crippen LogP contribution in [0.3, 0.4) is 0 Å². The van der Waals surface area contributed by atoms with Gasteiger partial charge < -0.3 is 15.6 Å². The van der Waals surface area contributed by atoms with Crippen LogP contribution in [0.25, 0.3) is 10.9 Å². The number of nitrogens with zero attached hydrogens (tertiary/aromatic N) is 3. The molecule has 1 aliphatic carbocycles. The molecule has 6 nitrogen and oxygen atoms in total. The van der Waals surface area contributed by atoms with Crippen molar-refractivity contribution in [2.24, 2.45) is 5.41 Å². The van der Waals surface area contributed by atoms with Crippen LogP contribution in [0.15, 0.2) is 47.4 Å². The Hall–Kier alpha value is -2.80.